The van der Waals surface area contributed by atoms with E-state index in [1.165, 1.54) is 20.3 Å². The summed E-state index contributed by atoms with van der Waals surface area (Å²) in [6.45, 7) is 7.68. The fraction of sp³-hybridized carbons (Fsp3) is 0.444. The third-order valence-electron chi connectivity index (χ3n) is 5.80. The number of allylic oxidation sites excluding steroid dienone is 2. The lowest BCUT2D eigenvalue weighted by molar-refractivity contribution is -0.139. The molecule has 1 aromatic rings. The van der Waals surface area contributed by atoms with E-state index in [4.69, 9.17) is 14.2 Å². The molecule has 0 aliphatic carbocycles. The average Bonchev–Trinajstić information content (AvgIpc) is 3.09. The molecule has 36 heavy (non-hydrogen) atoms. The van der Waals surface area contributed by atoms with Gasteiger partial charge in [0.25, 0.3) is 0 Å². The van der Waals surface area contributed by atoms with Gasteiger partial charge in [0, 0.05) is 37.2 Å². The molecule has 1 fully saturated rings. The van der Waals surface area contributed by atoms with Gasteiger partial charge in [-0.3, -0.25) is 0 Å². The third-order valence-corrected chi connectivity index (χ3v) is 5.80. The van der Waals surface area contributed by atoms with E-state index in [9.17, 15) is 14.4 Å². The number of likely N-dealkylation sites (tertiary alicyclic amines) is 1. The lowest BCUT2D eigenvalue weighted by Gasteiger charge is -2.34. The highest BCUT2D eigenvalue weighted by Gasteiger charge is 2.29. The van der Waals surface area contributed by atoms with Gasteiger partial charge in [0.2, 0.25) is 0 Å². The summed E-state index contributed by atoms with van der Waals surface area (Å²) in [6, 6.07) is 7.51. The Bertz CT molecular complexity index is 1050. The molecule has 2 aliphatic heterocycles. The minimum atomic E-state index is -0.652. The highest BCUT2D eigenvalue weighted by Crippen LogP contribution is 2.28. The number of anilines is 2. The van der Waals surface area contributed by atoms with E-state index in [2.05, 4.69) is 5.32 Å². The number of nitrogens with zero attached hydrogens (tertiary/aromatic N) is 2. The van der Waals surface area contributed by atoms with Crippen molar-refractivity contribution in [3.63, 3.8) is 0 Å². The number of hydrogen-bond donors (Lipinski definition) is 1. The van der Waals surface area contributed by atoms with Gasteiger partial charge in [-0.05, 0) is 75.9 Å². The maximum atomic E-state index is 12.6. The van der Waals surface area contributed by atoms with Crippen LogP contribution < -0.4 is 10.2 Å². The number of nitrogens with one attached hydrogen (secondary N) is 1. The SMILES string of the molecule is COC(=O)C1=C(C(=O)OC)N(c2ccc(NCC3CCCN(C(=O)OC(C)(C)C)C3)cc2)C=CC=C1. The normalized spacial score (nSPS) is 18.0. The molecule has 1 N–H and O–H groups in total. The van der Waals surface area contributed by atoms with Crippen molar-refractivity contribution in [2.75, 3.05) is 44.1 Å². The Labute approximate surface area is 212 Å². The summed E-state index contributed by atoms with van der Waals surface area (Å²) in [5.41, 5.74) is 1.24. The fourth-order valence-corrected chi connectivity index (χ4v) is 4.09. The molecule has 9 heteroatoms. The zero-order chi connectivity index (χ0) is 26.3. The Morgan fingerprint density at radius 1 is 1.03 bits per heavy atom. The van der Waals surface area contributed by atoms with Gasteiger partial charge in [0.1, 0.15) is 11.3 Å². The Morgan fingerprint density at radius 2 is 1.72 bits per heavy atom. The fourth-order valence-electron chi connectivity index (χ4n) is 4.09. The molecule has 1 unspecified atom stereocenters. The van der Waals surface area contributed by atoms with Crippen LogP contribution in [0.4, 0.5) is 16.2 Å². The number of carbonyl (C=O) groups excluding carboxylic acids is 3. The minimum Gasteiger partial charge on any atom is -0.465 e. The second-order valence-electron chi connectivity index (χ2n) is 9.68. The maximum Gasteiger partial charge on any atom is 0.410 e. The molecule has 1 aromatic carbocycles. The molecule has 2 heterocycles. The topological polar surface area (TPSA) is 97.4 Å². The first-order valence-electron chi connectivity index (χ1n) is 12.0. The van der Waals surface area contributed by atoms with Gasteiger partial charge >= 0.3 is 18.0 Å². The van der Waals surface area contributed by atoms with Gasteiger partial charge in [-0.1, -0.05) is 6.08 Å². The lowest BCUT2D eigenvalue weighted by atomic mass is 9.98. The van der Waals surface area contributed by atoms with E-state index in [1.807, 2.05) is 45.0 Å². The molecule has 0 aromatic heterocycles. The highest BCUT2D eigenvalue weighted by atomic mass is 16.6. The molecular formula is C27H35N3O6. The highest BCUT2D eigenvalue weighted by molar-refractivity contribution is 6.05. The zero-order valence-corrected chi connectivity index (χ0v) is 21.6. The van der Waals surface area contributed by atoms with Crippen LogP contribution in [0.1, 0.15) is 33.6 Å². The summed E-state index contributed by atoms with van der Waals surface area (Å²) in [4.78, 5) is 40.7. The Morgan fingerprint density at radius 3 is 2.36 bits per heavy atom. The van der Waals surface area contributed by atoms with Crippen LogP contribution in [0.5, 0.6) is 0 Å². The summed E-state index contributed by atoms with van der Waals surface area (Å²) in [5.74, 6) is -0.978. The smallest absolute Gasteiger partial charge is 0.410 e. The van der Waals surface area contributed by atoms with E-state index in [1.54, 1.807) is 28.2 Å². The number of hydrogen-bond acceptors (Lipinski definition) is 8. The summed E-state index contributed by atoms with van der Waals surface area (Å²) in [7, 11) is 2.53. The number of benzene rings is 1. The number of ether oxygens (including phenoxy) is 3. The maximum absolute atomic E-state index is 12.6. The molecule has 0 saturated carbocycles. The Kier molecular flexibility index (Phi) is 8.79. The summed E-state index contributed by atoms with van der Waals surface area (Å²) < 4.78 is 15.3. The van der Waals surface area contributed by atoms with Crippen molar-refractivity contribution in [1.29, 1.82) is 0 Å². The van der Waals surface area contributed by atoms with E-state index < -0.39 is 17.5 Å². The Balaban J connectivity index is 1.68. The van der Waals surface area contributed by atoms with Crippen LogP contribution in [-0.2, 0) is 23.8 Å². The molecular weight excluding hydrogens is 462 g/mol. The summed E-state index contributed by atoms with van der Waals surface area (Å²) in [6.07, 6.45) is 8.30. The van der Waals surface area contributed by atoms with Crippen LogP contribution in [0.3, 0.4) is 0 Å². The first-order chi connectivity index (χ1) is 17.1. The van der Waals surface area contributed by atoms with Gasteiger partial charge in [0.15, 0.2) is 0 Å². The first-order valence-corrected chi connectivity index (χ1v) is 12.0. The number of piperidine rings is 1. The Hall–Kier alpha value is -3.75. The monoisotopic (exact) mass is 497 g/mol. The molecule has 3 rings (SSSR count). The van der Waals surface area contributed by atoms with Gasteiger partial charge in [0.05, 0.1) is 19.8 Å². The number of amides is 1. The number of rotatable bonds is 6. The second-order valence-corrected chi connectivity index (χ2v) is 9.68. The molecule has 0 radical (unpaired) electrons. The van der Waals surface area contributed by atoms with E-state index >= 15 is 0 Å². The van der Waals surface area contributed by atoms with E-state index in [0.29, 0.717) is 31.2 Å². The second kappa shape index (κ2) is 11.8. The average molecular weight is 498 g/mol. The van der Waals surface area contributed by atoms with Gasteiger partial charge < -0.3 is 29.3 Å². The molecule has 1 saturated heterocycles. The van der Waals surface area contributed by atoms with Crippen LogP contribution in [0.2, 0.25) is 0 Å². The molecule has 9 nitrogen and oxygen atoms in total. The molecule has 1 amide bonds. The molecule has 0 spiro atoms. The van der Waals surface area contributed by atoms with Crippen molar-refractivity contribution < 1.29 is 28.6 Å². The quantitative estimate of drug-likeness (QED) is 0.461. The minimum absolute atomic E-state index is 0.0690. The lowest BCUT2D eigenvalue weighted by Crippen LogP contribution is -2.44. The van der Waals surface area contributed by atoms with Crippen LogP contribution >= 0.6 is 0 Å². The summed E-state index contributed by atoms with van der Waals surface area (Å²) >= 11 is 0. The van der Waals surface area contributed by atoms with Gasteiger partial charge in [-0.2, -0.15) is 0 Å². The number of methoxy groups -OCH3 is 2. The standard InChI is InChI=1S/C27H35N3O6/c1-27(2,3)36-26(33)29-15-8-9-19(18-29)17-28-20-11-13-21(14-12-20)30-16-7-6-10-22(24(31)34-4)23(30)25(32)35-5/h6-7,10-14,16,19,28H,8-9,15,17-18H2,1-5H3. The third kappa shape index (κ3) is 6.90. The van der Waals surface area contributed by atoms with Gasteiger partial charge in [-0.15, -0.1) is 0 Å². The van der Waals surface area contributed by atoms with Crippen molar-refractivity contribution >= 4 is 29.4 Å². The van der Waals surface area contributed by atoms with Crippen LogP contribution in [0.15, 0.2) is 60.0 Å². The van der Waals surface area contributed by atoms with Crippen molar-refractivity contribution in [3.8, 4) is 0 Å². The van der Waals surface area contributed by atoms with Crippen LogP contribution in [-0.4, -0.2) is 62.4 Å². The summed E-state index contributed by atoms with van der Waals surface area (Å²) in [5, 5.41) is 3.44. The molecule has 1 atom stereocenters. The predicted octanol–water partition coefficient (Wildman–Crippen LogP) is 4.24. The first kappa shape index (κ1) is 26.8. The largest absolute Gasteiger partial charge is 0.465 e. The van der Waals surface area contributed by atoms with Gasteiger partial charge in [-0.25, -0.2) is 14.4 Å². The zero-order valence-electron chi connectivity index (χ0n) is 21.6. The van der Waals surface area contributed by atoms with Crippen molar-refractivity contribution in [2.45, 2.75) is 39.2 Å². The van der Waals surface area contributed by atoms with Crippen molar-refractivity contribution in [1.82, 2.24) is 4.90 Å². The number of carbonyl (C=O) groups is 3. The molecule has 194 valence electrons. The van der Waals surface area contributed by atoms with Crippen molar-refractivity contribution in [2.24, 2.45) is 5.92 Å². The molecule has 0 bridgehead atoms. The number of esters is 2. The predicted molar refractivity (Wildman–Crippen MR) is 137 cm³/mol. The van der Waals surface area contributed by atoms with Crippen LogP contribution in [0, 0.1) is 5.92 Å². The van der Waals surface area contributed by atoms with Crippen LogP contribution in [0.25, 0.3) is 0 Å². The van der Waals surface area contributed by atoms with Crippen molar-refractivity contribution in [3.05, 3.63) is 60.0 Å². The molecule has 2 aliphatic rings. The van der Waals surface area contributed by atoms with E-state index in [0.717, 1.165) is 18.5 Å². The van der Waals surface area contributed by atoms with E-state index in [-0.39, 0.29) is 17.4 Å².